The molecule has 130 valence electrons. The second-order valence-electron chi connectivity index (χ2n) is 7.66. The normalized spacial score (nSPS) is 29.5. The molecule has 2 heterocycles. The molecule has 3 rings (SSSR count). The summed E-state index contributed by atoms with van der Waals surface area (Å²) in [7, 11) is 0. The van der Waals surface area contributed by atoms with Gasteiger partial charge in [0.05, 0.1) is 0 Å². The summed E-state index contributed by atoms with van der Waals surface area (Å²) in [4.78, 5) is 28.0. The van der Waals surface area contributed by atoms with Gasteiger partial charge < -0.3 is 14.9 Å². The molecule has 0 aromatic carbocycles. The molecule has 2 saturated heterocycles. The highest BCUT2D eigenvalue weighted by molar-refractivity contribution is 5.81. The van der Waals surface area contributed by atoms with Crippen molar-refractivity contribution >= 4 is 11.9 Å². The van der Waals surface area contributed by atoms with Crippen LogP contribution in [0, 0.1) is 17.8 Å². The fourth-order valence-corrected chi connectivity index (χ4v) is 4.22. The third-order valence-electron chi connectivity index (χ3n) is 5.83. The summed E-state index contributed by atoms with van der Waals surface area (Å²) in [5.74, 6) is 0.487. The molecular formula is C18H30N2O3. The van der Waals surface area contributed by atoms with Gasteiger partial charge in [0.15, 0.2) is 0 Å². The number of hydrogen-bond donors (Lipinski definition) is 1. The van der Waals surface area contributed by atoms with Crippen LogP contribution < -0.4 is 0 Å². The molecule has 2 aliphatic heterocycles. The van der Waals surface area contributed by atoms with Crippen molar-refractivity contribution in [1.29, 1.82) is 0 Å². The second kappa shape index (κ2) is 7.65. The van der Waals surface area contributed by atoms with Crippen molar-refractivity contribution in [2.75, 3.05) is 32.7 Å². The zero-order valence-corrected chi connectivity index (χ0v) is 14.1. The third kappa shape index (κ3) is 4.69. The maximum Gasteiger partial charge on any atom is 0.303 e. The zero-order chi connectivity index (χ0) is 16.2. The SMILES string of the molecule is O=C(O)CC1CCN(C(=O)C2CC2)CC1CCN1CCCCC1. The van der Waals surface area contributed by atoms with Crippen LogP contribution in [0.5, 0.6) is 0 Å². The Hall–Kier alpha value is -1.10. The van der Waals surface area contributed by atoms with Gasteiger partial charge in [-0.15, -0.1) is 0 Å². The van der Waals surface area contributed by atoms with Crippen LogP contribution in [0.4, 0.5) is 0 Å². The Morgan fingerprint density at radius 3 is 2.35 bits per heavy atom. The van der Waals surface area contributed by atoms with Crippen molar-refractivity contribution in [3.63, 3.8) is 0 Å². The minimum atomic E-state index is -0.694. The van der Waals surface area contributed by atoms with Gasteiger partial charge in [-0.05, 0) is 70.0 Å². The van der Waals surface area contributed by atoms with Crippen molar-refractivity contribution in [2.24, 2.45) is 17.8 Å². The topological polar surface area (TPSA) is 60.9 Å². The molecule has 5 heteroatoms. The number of amides is 1. The average molecular weight is 322 g/mol. The first-order chi connectivity index (χ1) is 11.1. The number of rotatable bonds is 6. The molecule has 1 N–H and O–H groups in total. The maximum absolute atomic E-state index is 12.3. The number of carbonyl (C=O) groups is 2. The Labute approximate surface area is 139 Å². The van der Waals surface area contributed by atoms with Crippen molar-refractivity contribution in [1.82, 2.24) is 9.80 Å². The lowest BCUT2D eigenvalue weighted by molar-refractivity contribution is -0.140. The standard InChI is InChI=1S/C18H30N2O3/c21-17(22)12-15-7-11-20(18(23)14-4-5-14)13-16(15)6-10-19-8-2-1-3-9-19/h14-16H,1-13H2,(H,21,22). The molecule has 3 aliphatic rings. The van der Waals surface area contributed by atoms with Gasteiger partial charge >= 0.3 is 5.97 Å². The second-order valence-corrected chi connectivity index (χ2v) is 7.66. The molecule has 3 fully saturated rings. The van der Waals surface area contributed by atoms with Crippen LogP contribution >= 0.6 is 0 Å². The maximum atomic E-state index is 12.3. The van der Waals surface area contributed by atoms with E-state index in [1.165, 1.54) is 32.4 Å². The number of carboxylic acid groups (broad SMARTS) is 1. The molecule has 0 bridgehead atoms. The van der Waals surface area contributed by atoms with E-state index in [2.05, 4.69) is 4.90 Å². The minimum absolute atomic E-state index is 0.237. The number of hydrogen-bond acceptors (Lipinski definition) is 3. The van der Waals surface area contributed by atoms with Gasteiger partial charge in [0.25, 0.3) is 0 Å². The van der Waals surface area contributed by atoms with Crippen molar-refractivity contribution < 1.29 is 14.7 Å². The smallest absolute Gasteiger partial charge is 0.303 e. The number of piperidine rings is 2. The molecule has 1 saturated carbocycles. The third-order valence-corrected chi connectivity index (χ3v) is 5.83. The first-order valence-corrected chi connectivity index (χ1v) is 9.36. The number of likely N-dealkylation sites (tertiary alicyclic amines) is 2. The van der Waals surface area contributed by atoms with E-state index in [0.29, 0.717) is 11.8 Å². The van der Waals surface area contributed by atoms with Gasteiger partial charge in [-0.2, -0.15) is 0 Å². The number of aliphatic carboxylic acids is 1. The molecule has 2 atom stereocenters. The van der Waals surface area contributed by atoms with Crippen LogP contribution in [-0.2, 0) is 9.59 Å². The summed E-state index contributed by atoms with van der Waals surface area (Å²) < 4.78 is 0. The summed E-state index contributed by atoms with van der Waals surface area (Å²) in [5, 5.41) is 9.18. The summed E-state index contributed by atoms with van der Waals surface area (Å²) in [5.41, 5.74) is 0. The predicted octanol–water partition coefficient (Wildman–Crippen LogP) is 2.21. The van der Waals surface area contributed by atoms with E-state index in [9.17, 15) is 14.7 Å². The molecule has 1 aliphatic carbocycles. The molecule has 23 heavy (non-hydrogen) atoms. The van der Waals surface area contributed by atoms with Crippen LogP contribution in [0.15, 0.2) is 0 Å². The quantitative estimate of drug-likeness (QED) is 0.814. The highest BCUT2D eigenvalue weighted by atomic mass is 16.4. The van der Waals surface area contributed by atoms with Gasteiger partial charge in [-0.1, -0.05) is 6.42 Å². The molecule has 1 amide bonds. The molecular weight excluding hydrogens is 292 g/mol. The minimum Gasteiger partial charge on any atom is -0.481 e. The van der Waals surface area contributed by atoms with Crippen LogP contribution in [0.25, 0.3) is 0 Å². The monoisotopic (exact) mass is 322 g/mol. The molecule has 2 unspecified atom stereocenters. The van der Waals surface area contributed by atoms with Crippen LogP contribution in [0.1, 0.15) is 51.4 Å². The van der Waals surface area contributed by atoms with E-state index in [0.717, 1.165) is 45.3 Å². The van der Waals surface area contributed by atoms with E-state index >= 15 is 0 Å². The lowest BCUT2D eigenvalue weighted by Gasteiger charge is -2.39. The molecule has 0 aromatic heterocycles. The van der Waals surface area contributed by atoms with E-state index in [4.69, 9.17) is 0 Å². The van der Waals surface area contributed by atoms with Crippen molar-refractivity contribution in [3.05, 3.63) is 0 Å². The van der Waals surface area contributed by atoms with Gasteiger partial charge in [0.1, 0.15) is 0 Å². The van der Waals surface area contributed by atoms with Gasteiger partial charge in [-0.3, -0.25) is 9.59 Å². The fourth-order valence-electron chi connectivity index (χ4n) is 4.22. The zero-order valence-electron chi connectivity index (χ0n) is 14.1. The van der Waals surface area contributed by atoms with Crippen LogP contribution in [0.2, 0.25) is 0 Å². The first-order valence-electron chi connectivity index (χ1n) is 9.36. The van der Waals surface area contributed by atoms with Gasteiger partial charge in [0, 0.05) is 25.4 Å². The Kier molecular flexibility index (Phi) is 5.57. The summed E-state index contributed by atoms with van der Waals surface area (Å²) in [6.07, 6.45) is 8.16. The highest BCUT2D eigenvalue weighted by Gasteiger charge is 2.38. The lowest BCUT2D eigenvalue weighted by Crippen LogP contribution is -2.46. The van der Waals surface area contributed by atoms with E-state index in [-0.39, 0.29) is 18.3 Å². The summed E-state index contributed by atoms with van der Waals surface area (Å²) >= 11 is 0. The van der Waals surface area contributed by atoms with Crippen LogP contribution in [-0.4, -0.2) is 59.5 Å². The van der Waals surface area contributed by atoms with Crippen molar-refractivity contribution in [2.45, 2.75) is 51.4 Å². The van der Waals surface area contributed by atoms with Crippen molar-refractivity contribution in [3.8, 4) is 0 Å². The highest BCUT2D eigenvalue weighted by Crippen LogP contribution is 2.35. The number of nitrogens with zero attached hydrogens (tertiary/aromatic N) is 2. The fraction of sp³-hybridized carbons (Fsp3) is 0.889. The Morgan fingerprint density at radius 1 is 0.957 bits per heavy atom. The number of carbonyl (C=O) groups excluding carboxylic acids is 1. The van der Waals surface area contributed by atoms with E-state index in [1.807, 2.05) is 4.90 Å². The predicted molar refractivity (Wildman–Crippen MR) is 88.1 cm³/mol. The van der Waals surface area contributed by atoms with Gasteiger partial charge in [0.2, 0.25) is 5.91 Å². The van der Waals surface area contributed by atoms with E-state index < -0.39 is 5.97 Å². The average Bonchev–Trinajstić information content (AvgIpc) is 3.38. The molecule has 0 radical (unpaired) electrons. The number of carboxylic acids is 1. The van der Waals surface area contributed by atoms with Gasteiger partial charge in [-0.25, -0.2) is 0 Å². The summed E-state index contributed by atoms with van der Waals surface area (Å²) in [6.45, 7) is 4.96. The first kappa shape index (κ1) is 16.7. The lowest BCUT2D eigenvalue weighted by atomic mass is 9.81. The molecule has 0 aromatic rings. The largest absolute Gasteiger partial charge is 0.481 e. The Bertz CT molecular complexity index is 430. The van der Waals surface area contributed by atoms with Crippen LogP contribution in [0.3, 0.4) is 0 Å². The molecule has 5 nitrogen and oxygen atoms in total. The Balaban J connectivity index is 1.55. The molecule has 0 spiro atoms. The Morgan fingerprint density at radius 2 is 1.70 bits per heavy atom. The summed E-state index contributed by atoms with van der Waals surface area (Å²) in [6, 6.07) is 0. The van der Waals surface area contributed by atoms with E-state index in [1.54, 1.807) is 0 Å².